The van der Waals surface area contributed by atoms with E-state index in [0.29, 0.717) is 31.3 Å². The number of hydrogen-bond donors (Lipinski definition) is 1. The van der Waals surface area contributed by atoms with Gasteiger partial charge in [-0.05, 0) is 41.9 Å². The molecule has 1 aromatic rings. The van der Waals surface area contributed by atoms with E-state index in [1.165, 1.54) is 24.1 Å². The van der Waals surface area contributed by atoms with Gasteiger partial charge in [-0.2, -0.15) is 0 Å². The second kappa shape index (κ2) is 7.28. The highest BCUT2D eigenvalue weighted by atomic mass is 16.5. The summed E-state index contributed by atoms with van der Waals surface area (Å²) in [5, 5.41) is 3.71. The van der Waals surface area contributed by atoms with Crippen LogP contribution in [-0.2, 0) is 16.1 Å². The van der Waals surface area contributed by atoms with Crippen LogP contribution in [0.15, 0.2) is 24.3 Å². The molecule has 0 saturated heterocycles. The molecule has 1 N–H and O–H groups in total. The molecule has 1 saturated carbocycles. The van der Waals surface area contributed by atoms with E-state index in [1.54, 1.807) is 7.11 Å². The molecule has 3 heteroatoms. The maximum Gasteiger partial charge on any atom is 0.0718 e. The molecule has 1 aliphatic carbocycles. The summed E-state index contributed by atoms with van der Waals surface area (Å²) in [5.41, 5.74) is 2.87. The Kier molecular flexibility index (Phi) is 5.65. The number of ether oxygens (including phenoxy) is 2. The third-order valence-electron chi connectivity index (χ3n) is 4.31. The van der Waals surface area contributed by atoms with Gasteiger partial charge < -0.3 is 14.8 Å². The van der Waals surface area contributed by atoms with E-state index in [4.69, 9.17) is 9.47 Å². The number of methoxy groups -OCH3 is 1. The lowest BCUT2D eigenvalue weighted by molar-refractivity contribution is 0.0617. The molecule has 2 atom stereocenters. The SMILES string of the molecule is COCCOCc1cccc(NC2CC(C)(C)CC2C)c1. The Bertz CT molecular complexity index is 445. The minimum Gasteiger partial charge on any atom is -0.382 e. The first-order valence-corrected chi connectivity index (χ1v) is 7.92. The summed E-state index contributed by atoms with van der Waals surface area (Å²) in [4.78, 5) is 0. The third-order valence-corrected chi connectivity index (χ3v) is 4.31. The van der Waals surface area contributed by atoms with Gasteiger partial charge in [-0.3, -0.25) is 0 Å². The molecule has 0 aliphatic heterocycles. The van der Waals surface area contributed by atoms with Crippen LogP contribution in [0.2, 0.25) is 0 Å². The molecule has 2 rings (SSSR count). The summed E-state index contributed by atoms with van der Waals surface area (Å²) in [7, 11) is 1.69. The fourth-order valence-corrected chi connectivity index (χ4v) is 3.38. The molecule has 0 bridgehead atoms. The van der Waals surface area contributed by atoms with E-state index in [9.17, 15) is 0 Å². The molecular weight excluding hydrogens is 262 g/mol. The third kappa shape index (κ3) is 5.01. The fourth-order valence-electron chi connectivity index (χ4n) is 3.38. The highest BCUT2D eigenvalue weighted by molar-refractivity contribution is 5.46. The molecule has 1 fully saturated rings. The van der Waals surface area contributed by atoms with Gasteiger partial charge in [-0.1, -0.05) is 32.9 Å². The van der Waals surface area contributed by atoms with Gasteiger partial charge in [0.2, 0.25) is 0 Å². The number of anilines is 1. The fraction of sp³-hybridized carbons (Fsp3) is 0.667. The Morgan fingerprint density at radius 2 is 2.05 bits per heavy atom. The summed E-state index contributed by atoms with van der Waals surface area (Å²) < 4.78 is 10.6. The highest BCUT2D eigenvalue weighted by Crippen LogP contribution is 2.42. The average molecular weight is 291 g/mol. The largest absolute Gasteiger partial charge is 0.382 e. The summed E-state index contributed by atoms with van der Waals surface area (Å²) in [6.07, 6.45) is 2.53. The van der Waals surface area contributed by atoms with Crippen molar-refractivity contribution in [2.24, 2.45) is 11.3 Å². The van der Waals surface area contributed by atoms with Crippen LogP contribution < -0.4 is 5.32 Å². The van der Waals surface area contributed by atoms with Crippen molar-refractivity contribution in [2.75, 3.05) is 25.6 Å². The smallest absolute Gasteiger partial charge is 0.0718 e. The second-order valence-electron chi connectivity index (χ2n) is 7.05. The highest BCUT2D eigenvalue weighted by Gasteiger charge is 2.36. The molecule has 0 heterocycles. The Balaban J connectivity index is 1.89. The monoisotopic (exact) mass is 291 g/mol. The number of hydrogen-bond acceptors (Lipinski definition) is 3. The summed E-state index contributed by atoms with van der Waals surface area (Å²) in [5.74, 6) is 0.724. The molecule has 0 aromatic heterocycles. The van der Waals surface area contributed by atoms with Gasteiger partial charge in [0.05, 0.1) is 19.8 Å². The molecule has 118 valence electrons. The van der Waals surface area contributed by atoms with Crippen molar-refractivity contribution in [1.29, 1.82) is 0 Å². The van der Waals surface area contributed by atoms with E-state index >= 15 is 0 Å². The van der Waals surface area contributed by atoms with Crippen LogP contribution in [0.5, 0.6) is 0 Å². The molecule has 1 aromatic carbocycles. The quantitative estimate of drug-likeness (QED) is 0.768. The molecule has 3 nitrogen and oxygen atoms in total. The maximum atomic E-state index is 5.59. The standard InChI is InChI=1S/C18H29NO2/c1-14-11-18(2,3)12-17(14)19-16-7-5-6-15(10-16)13-21-9-8-20-4/h5-7,10,14,17,19H,8-9,11-13H2,1-4H3. The number of benzene rings is 1. The van der Waals surface area contributed by atoms with Gasteiger partial charge in [0, 0.05) is 18.8 Å². The van der Waals surface area contributed by atoms with Crippen LogP contribution in [0.3, 0.4) is 0 Å². The summed E-state index contributed by atoms with van der Waals surface area (Å²) >= 11 is 0. The van der Waals surface area contributed by atoms with E-state index < -0.39 is 0 Å². The lowest BCUT2D eigenvalue weighted by Gasteiger charge is -2.20. The van der Waals surface area contributed by atoms with Crippen LogP contribution in [0, 0.1) is 11.3 Å². The first-order valence-electron chi connectivity index (χ1n) is 7.92. The Hall–Kier alpha value is -1.06. The second-order valence-corrected chi connectivity index (χ2v) is 7.05. The first kappa shape index (κ1) is 16.3. The van der Waals surface area contributed by atoms with E-state index in [1.807, 2.05) is 0 Å². The predicted octanol–water partition coefficient (Wildman–Crippen LogP) is 4.09. The maximum absolute atomic E-state index is 5.59. The summed E-state index contributed by atoms with van der Waals surface area (Å²) in [6.45, 7) is 9.01. The van der Waals surface area contributed by atoms with Crippen molar-refractivity contribution in [1.82, 2.24) is 0 Å². The minimum absolute atomic E-state index is 0.456. The van der Waals surface area contributed by atoms with Gasteiger partial charge in [0.25, 0.3) is 0 Å². The van der Waals surface area contributed by atoms with E-state index in [0.717, 1.165) is 5.92 Å². The lowest BCUT2D eigenvalue weighted by Crippen LogP contribution is -2.22. The van der Waals surface area contributed by atoms with Crippen LogP contribution in [-0.4, -0.2) is 26.4 Å². The van der Waals surface area contributed by atoms with Crippen molar-refractivity contribution in [2.45, 2.75) is 46.3 Å². The molecule has 0 radical (unpaired) electrons. The van der Waals surface area contributed by atoms with Gasteiger partial charge in [-0.15, -0.1) is 0 Å². The van der Waals surface area contributed by atoms with Crippen LogP contribution >= 0.6 is 0 Å². The van der Waals surface area contributed by atoms with Crippen LogP contribution in [0.1, 0.15) is 39.2 Å². The number of nitrogens with one attached hydrogen (secondary N) is 1. The van der Waals surface area contributed by atoms with E-state index in [-0.39, 0.29) is 0 Å². The Labute approximate surface area is 129 Å². The molecule has 1 aliphatic rings. The van der Waals surface area contributed by atoms with Crippen LogP contribution in [0.4, 0.5) is 5.69 Å². The van der Waals surface area contributed by atoms with Gasteiger partial charge in [0.15, 0.2) is 0 Å². The van der Waals surface area contributed by atoms with Crippen molar-refractivity contribution in [3.05, 3.63) is 29.8 Å². The van der Waals surface area contributed by atoms with Gasteiger partial charge >= 0.3 is 0 Å². The van der Waals surface area contributed by atoms with Crippen molar-refractivity contribution in [3.63, 3.8) is 0 Å². The number of rotatable bonds is 7. The zero-order valence-electron chi connectivity index (χ0n) is 13.8. The molecule has 2 unspecified atom stereocenters. The van der Waals surface area contributed by atoms with Crippen molar-refractivity contribution in [3.8, 4) is 0 Å². The van der Waals surface area contributed by atoms with Crippen molar-refractivity contribution >= 4 is 5.69 Å². The summed E-state index contributed by atoms with van der Waals surface area (Å²) in [6, 6.07) is 9.13. The molecule has 21 heavy (non-hydrogen) atoms. The topological polar surface area (TPSA) is 30.5 Å². The average Bonchev–Trinajstić information content (AvgIpc) is 2.68. The minimum atomic E-state index is 0.456. The Morgan fingerprint density at radius 3 is 2.71 bits per heavy atom. The normalized spacial score (nSPS) is 24.2. The van der Waals surface area contributed by atoms with Gasteiger partial charge in [-0.25, -0.2) is 0 Å². The zero-order chi connectivity index (χ0) is 15.3. The zero-order valence-corrected chi connectivity index (χ0v) is 13.8. The van der Waals surface area contributed by atoms with Crippen molar-refractivity contribution < 1.29 is 9.47 Å². The molecule has 0 amide bonds. The molecule has 0 spiro atoms. The first-order chi connectivity index (χ1) is 10.00. The van der Waals surface area contributed by atoms with E-state index in [2.05, 4.69) is 50.4 Å². The van der Waals surface area contributed by atoms with Gasteiger partial charge in [0.1, 0.15) is 0 Å². The lowest BCUT2D eigenvalue weighted by atomic mass is 9.91. The van der Waals surface area contributed by atoms with Crippen LogP contribution in [0.25, 0.3) is 0 Å². The molecular formula is C18H29NO2. The predicted molar refractivity (Wildman–Crippen MR) is 87.6 cm³/mol. The Morgan fingerprint density at radius 1 is 1.24 bits per heavy atom.